The van der Waals surface area contributed by atoms with Crippen LogP contribution in [0.25, 0.3) is 0 Å². The van der Waals surface area contributed by atoms with Crippen molar-refractivity contribution in [3.8, 4) is 0 Å². The summed E-state index contributed by atoms with van der Waals surface area (Å²) < 4.78 is 5.08. The molecule has 0 aromatic carbocycles. The quantitative estimate of drug-likeness (QED) is 0.312. The van der Waals surface area contributed by atoms with Crippen molar-refractivity contribution in [2.45, 2.75) is 12.8 Å². The molecule has 1 aliphatic heterocycles. The van der Waals surface area contributed by atoms with E-state index in [-0.39, 0.29) is 0 Å². The second-order valence-electron chi connectivity index (χ2n) is 2.93. The van der Waals surface area contributed by atoms with Gasteiger partial charge in [0.25, 0.3) is 0 Å². The number of rotatable bonds is 4. The molecule has 0 amide bonds. The van der Waals surface area contributed by atoms with Crippen LogP contribution in [-0.2, 0) is 4.74 Å². The Morgan fingerprint density at radius 1 is 1.62 bits per heavy atom. The van der Waals surface area contributed by atoms with Crippen LogP contribution < -0.4 is 5.43 Å². The van der Waals surface area contributed by atoms with Crippen molar-refractivity contribution in [2.75, 3.05) is 26.7 Å². The highest BCUT2D eigenvalue weighted by Crippen LogP contribution is 2.06. The number of likely N-dealkylation sites (tertiary alicyclic amines) is 1. The average Bonchev–Trinajstić information content (AvgIpc) is 2.58. The van der Waals surface area contributed by atoms with Crippen molar-refractivity contribution >= 4 is 23.7 Å². The fourth-order valence-corrected chi connectivity index (χ4v) is 1.52. The molecule has 0 radical (unpaired) electrons. The van der Waals surface area contributed by atoms with Gasteiger partial charge < -0.3 is 10.2 Å². The summed E-state index contributed by atoms with van der Waals surface area (Å²) in [6, 6.07) is 0. The zero-order valence-electron chi connectivity index (χ0n) is 7.82. The van der Waals surface area contributed by atoms with E-state index in [9.17, 15) is 0 Å². The number of hydrogen-bond acceptors (Lipinski definition) is 5. The van der Waals surface area contributed by atoms with Crippen molar-refractivity contribution < 1.29 is 4.74 Å². The van der Waals surface area contributed by atoms with E-state index in [0.29, 0.717) is 5.90 Å². The molecule has 5 heteroatoms. The summed E-state index contributed by atoms with van der Waals surface area (Å²) in [6.45, 7) is 3.00. The highest BCUT2D eigenvalue weighted by molar-refractivity contribution is 7.78. The molecule has 0 spiro atoms. The fraction of sp³-hybridized carbons (Fsp3) is 0.750. The number of nitrogens with zero attached hydrogens (tertiary/aromatic N) is 2. The molecule has 1 fully saturated rings. The van der Waals surface area contributed by atoms with E-state index in [0.717, 1.165) is 19.6 Å². The fourth-order valence-electron chi connectivity index (χ4n) is 1.41. The summed E-state index contributed by atoms with van der Waals surface area (Å²) in [5.41, 5.74) is 3.94. The summed E-state index contributed by atoms with van der Waals surface area (Å²) in [5.74, 6) is 0.638. The Bertz CT molecular complexity index is 190. The molecule has 0 saturated carbocycles. The van der Waals surface area contributed by atoms with Crippen LogP contribution in [0.4, 0.5) is 0 Å². The van der Waals surface area contributed by atoms with Crippen molar-refractivity contribution in [3.05, 3.63) is 0 Å². The molecule has 1 N–H and O–H groups in total. The minimum Gasteiger partial charge on any atom is -0.436 e. The van der Waals surface area contributed by atoms with Gasteiger partial charge in [0.15, 0.2) is 5.55 Å². The maximum absolute atomic E-state index is 5.08. The first kappa shape index (κ1) is 10.4. The van der Waals surface area contributed by atoms with Crippen LogP contribution in [0.3, 0.4) is 0 Å². The number of thiocarbonyl (C=S) groups is 1. The van der Waals surface area contributed by atoms with Gasteiger partial charge in [-0.2, -0.15) is 0 Å². The highest BCUT2D eigenvalue weighted by Gasteiger charge is 2.14. The molecule has 0 aromatic rings. The van der Waals surface area contributed by atoms with Gasteiger partial charge in [0, 0.05) is 7.05 Å². The molecule has 0 atom stereocenters. The lowest BCUT2D eigenvalue weighted by Gasteiger charge is -2.14. The van der Waals surface area contributed by atoms with Gasteiger partial charge in [-0.3, -0.25) is 4.90 Å². The summed E-state index contributed by atoms with van der Waals surface area (Å²) in [5, 5.41) is 3.98. The molecule has 74 valence electrons. The standard InChI is InChI=1S/C8H15N3OS/c1-9-10-8(12-7-13)6-11-4-2-3-5-11/h7,9H,2-6H2,1H3/b10-8-. The topological polar surface area (TPSA) is 36.9 Å². The number of ether oxygens (including phenoxy) is 1. The number of hydrogen-bond donors (Lipinski definition) is 1. The van der Waals surface area contributed by atoms with Crippen LogP contribution in [0.5, 0.6) is 0 Å². The van der Waals surface area contributed by atoms with Crippen LogP contribution in [0.2, 0.25) is 0 Å². The molecular formula is C8H15N3OS. The van der Waals surface area contributed by atoms with Gasteiger partial charge in [-0.05, 0) is 38.1 Å². The maximum atomic E-state index is 5.08. The summed E-state index contributed by atoms with van der Waals surface area (Å²) in [7, 11) is 1.75. The lowest BCUT2D eigenvalue weighted by atomic mass is 10.4. The van der Waals surface area contributed by atoms with E-state index >= 15 is 0 Å². The monoisotopic (exact) mass is 201 g/mol. The van der Waals surface area contributed by atoms with Gasteiger partial charge in [0.2, 0.25) is 5.90 Å². The predicted octanol–water partition coefficient (Wildman–Crippen LogP) is 0.589. The van der Waals surface area contributed by atoms with Gasteiger partial charge in [0.1, 0.15) is 0 Å². The largest absolute Gasteiger partial charge is 0.436 e. The number of hydrazone groups is 1. The average molecular weight is 201 g/mol. The summed E-state index contributed by atoms with van der Waals surface area (Å²) in [6.07, 6.45) is 2.54. The van der Waals surface area contributed by atoms with Crippen molar-refractivity contribution in [2.24, 2.45) is 5.10 Å². The third-order valence-electron chi connectivity index (χ3n) is 1.98. The second kappa shape index (κ2) is 5.88. The lowest BCUT2D eigenvalue weighted by molar-refractivity contribution is 0.363. The molecule has 0 aliphatic carbocycles. The van der Waals surface area contributed by atoms with Crippen molar-refractivity contribution in [3.63, 3.8) is 0 Å². The molecule has 1 saturated heterocycles. The lowest BCUT2D eigenvalue weighted by Crippen LogP contribution is -2.29. The van der Waals surface area contributed by atoms with E-state index in [2.05, 4.69) is 27.6 Å². The van der Waals surface area contributed by atoms with Gasteiger partial charge in [-0.25, -0.2) is 0 Å². The zero-order valence-corrected chi connectivity index (χ0v) is 8.64. The molecule has 0 unspecified atom stereocenters. The SMILES string of the molecule is CN/N=C(/CN1CCCC1)OC=S. The minimum absolute atomic E-state index is 0.638. The Hall–Kier alpha value is -0.680. The van der Waals surface area contributed by atoms with Gasteiger partial charge in [-0.15, -0.1) is 5.10 Å². The second-order valence-corrected chi connectivity index (χ2v) is 3.12. The molecule has 4 nitrogen and oxygen atoms in total. The first-order valence-electron chi connectivity index (χ1n) is 4.42. The first-order valence-corrected chi connectivity index (χ1v) is 4.90. The Morgan fingerprint density at radius 2 is 2.31 bits per heavy atom. The zero-order chi connectivity index (χ0) is 9.52. The van der Waals surface area contributed by atoms with E-state index in [1.165, 1.54) is 18.4 Å². The van der Waals surface area contributed by atoms with E-state index in [1.807, 2.05) is 0 Å². The predicted molar refractivity (Wildman–Crippen MR) is 56.9 cm³/mol. The third-order valence-corrected chi connectivity index (χ3v) is 2.07. The highest BCUT2D eigenvalue weighted by atomic mass is 32.1. The maximum Gasteiger partial charge on any atom is 0.226 e. The molecule has 1 rings (SSSR count). The van der Waals surface area contributed by atoms with Gasteiger partial charge >= 0.3 is 0 Å². The van der Waals surface area contributed by atoms with Gasteiger partial charge in [-0.1, -0.05) is 0 Å². The third kappa shape index (κ3) is 3.69. The van der Waals surface area contributed by atoms with E-state index < -0.39 is 0 Å². The minimum atomic E-state index is 0.638. The van der Waals surface area contributed by atoms with Crippen LogP contribution in [0.1, 0.15) is 12.8 Å². The first-order chi connectivity index (χ1) is 6.36. The molecule has 1 aliphatic rings. The van der Waals surface area contributed by atoms with Crippen LogP contribution >= 0.6 is 12.2 Å². The number of nitrogens with one attached hydrogen (secondary N) is 1. The van der Waals surface area contributed by atoms with Crippen LogP contribution in [-0.4, -0.2) is 43.0 Å². The molecular weight excluding hydrogens is 186 g/mol. The normalized spacial score (nSPS) is 18.7. The summed E-state index contributed by atoms with van der Waals surface area (Å²) in [4.78, 5) is 2.30. The molecule has 0 aromatic heterocycles. The van der Waals surface area contributed by atoms with E-state index in [1.54, 1.807) is 7.05 Å². The Labute approximate surface area is 83.9 Å². The van der Waals surface area contributed by atoms with Gasteiger partial charge in [0.05, 0.1) is 6.54 Å². The van der Waals surface area contributed by atoms with E-state index in [4.69, 9.17) is 4.74 Å². The molecule has 1 heterocycles. The van der Waals surface area contributed by atoms with Crippen LogP contribution in [0.15, 0.2) is 5.10 Å². The van der Waals surface area contributed by atoms with Crippen LogP contribution in [0, 0.1) is 0 Å². The van der Waals surface area contributed by atoms with Crippen molar-refractivity contribution in [1.82, 2.24) is 10.3 Å². The molecule has 0 bridgehead atoms. The Balaban J connectivity index is 2.36. The van der Waals surface area contributed by atoms with Crippen molar-refractivity contribution in [1.29, 1.82) is 0 Å². The summed E-state index contributed by atoms with van der Waals surface area (Å²) >= 11 is 4.61. The smallest absolute Gasteiger partial charge is 0.226 e. The Kier molecular flexibility index (Phi) is 4.70. The molecule has 13 heavy (non-hydrogen) atoms. The Morgan fingerprint density at radius 3 is 2.85 bits per heavy atom.